The van der Waals surface area contributed by atoms with E-state index in [0.717, 1.165) is 5.65 Å². The van der Waals surface area contributed by atoms with Crippen molar-refractivity contribution in [1.82, 2.24) is 19.5 Å². The van der Waals surface area contributed by atoms with Gasteiger partial charge in [-0.05, 0) is 13.3 Å². The number of nitrogens with zero attached hydrogens (tertiary/aromatic N) is 4. The molecule has 0 aliphatic heterocycles. The van der Waals surface area contributed by atoms with Gasteiger partial charge in [0.25, 0.3) is 0 Å². The maximum Gasteiger partial charge on any atom is 0.165 e. The number of nitrogens with two attached hydrogens (primary N) is 1. The van der Waals surface area contributed by atoms with Crippen molar-refractivity contribution in [2.24, 2.45) is 7.05 Å². The number of aromatic nitrogens is 4. The first kappa shape index (κ1) is 10.8. The fourth-order valence-corrected chi connectivity index (χ4v) is 1.53. The Morgan fingerprint density at radius 3 is 2.94 bits per heavy atom. The molecule has 0 aromatic carbocycles. The summed E-state index contributed by atoms with van der Waals surface area (Å²) in [5, 5.41) is 9.21. The Morgan fingerprint density at radius 2 is 2.25 bits per heavy atom. The maximum absolute atomic E-state index is 9.21. The minimum Gasteiger partial charge on any atom is -0.393 e. The number of hydrogen-bond donors (Lipinski definition) is 2. The summed E-state index contributed by atoms with van der Waals surface area (Å²) in [6, 6.07) is 0. The van der Waals surface area contributed by atoms with Gasteiger partial charge in [-0.1, -0.05) is 0 Å². The summed E-state index contributed by atoms with van der Waals surface area (Å²) in [6.07, 6.45) is 2.55. The first-order valence-corrected chi connectivity index (χ1v) is 5.19. The molecule has 0 unspecified atom stereocenters. The quantitative estimate of drug-likeness (QED) is 0.775. The Balaban J connectivity index is 2.36. The predicted molar refractivity (Wildman–Crippen MR) is 60.7 cm³/mol. The lowest BCUT2D eigenvalue weighted by Gasteiger charge is -2.04. The van der Waals surface area contributed by atoms with Crippen molar-refractivity contribution in [2.75, 3.05) is 5.73 Å². The van der Waals surface area contributed by atoms with Gasteiger partial charge in [0.05, 0.1) is 12.4 Å². The molecular weight excluding hydrogens is 206 g/mol. The molecule has 0 aliphatic carbocycles. The van der Waals surface area contributed by atoms with E-state index >= 15 is 0 Å². The summed E-state index contributed by atoms with van der Waals surface area (Å²) in [4.78, 5) is 12.6. The Hall–Kier alpha value is -1.69. The third kappa shape index (κ3) is 1.96. The van der Waals surface area contributed by atoms with E-state index in [9.17, 15) is 5.11 Å². The lowest BCUT2D eigenvalue weighted by molar-refractivity contribution is 0.184. The Morgan fingerprint density at radius 1 is 1.50 bits per heavy atom. The van der Waals surface area contributed by atoms with Crippen molar-refractivity contribution in [1.29, 1.82) is 0 Å². The summed E-state index contributed by atoms with van der Waals surface area (Å²) in [5.74, 6) is 1.04. The van der Waals surface area contributed by atoms with Crippen LogP contribution in [0.1, 0.15) is 19.2 Å². The summed E-state index contributed by atoms with van der Waals surface area (Å²) in [6.45, 7) is 1.74. The van der Waals surface area contributed by atoms with Crippen LogP contribution in [-0.4, -0.2) is 30.7 Å². The number of aliphatic hydroxyl groups excluding tert-OH is 1. The second kappa shape index (κ2) is 4.05. The summed E-state index contributed by atoms with van der Waals surface area (Å²) in [7, 11) is 1.86. The fraction of sp³-hybridized carbons (Fsp3) is 0.500. The van der Waals surface area contributed by atoms with Crippen molar-refractivity contribution < 1.29 is 5.11 Å². The van der Waals surface area contributed by atoms with E-state index in [1.54, 1.807) is 17.8 Å². The van der Waals surface area contributed by atoms with Gasteiger partial charge in [0.15, 0.2) is 11.5 Å². The van der Waals surface area contributed by atoms with Gasteiger partial charge in [-0.2, -0.15) is 0 Å². The molecule has 0 radical (unpaired) electrons. The third-order valence-corrected chi connectivity index (χ3v) is 2.42. The van der Waals surface area contributed by atoms with Gasteiger partial charge >= 0.3 is 0 Å². The molecule has 0 saturated heterocycles. The number of nitrogen functional groups attached to an aromatic ring is 1. The van der Waals surface area contributed by atoms with E-state index in [4.69, 9.17) is 5.73 Å². The van der Waals surface area contributed by atoms with E-state index in [-0.39, 0.29) is 6.10 Å². The molecule has 0 amide bonds. The van der Waals surface area contributed by atoms with Crippen molar-refractivity contribution >= 4 is 17.0 Å². The molecule has 2 rings (SSSR count). The number of aryl methyl sites for hydroxylation is 2. The molecule has 2 aromatic rings. The topological polar surface area (TPSA) is 89.9 Å². The van der Waals surface area contributed by atoms with E-state index in [2.05, 4.69) is 15.0 Å². The Bertz CT molecular complexity index is 505. The van der Waals surface area contributed by atoms with Gasteiger partial charge in [0.2, 0.25) is 0 Å². The van der Waals surface area contributed by atoms with Gasteiger partial charge in [0, 0.05) is 13.5 Å². The van der Waals surface area contributed by atoms with Crippen LogP contribution in [0.5, 0.6) is 0 Å². The molecule has 16 heavy (non-hydrogen) atoms. The zero-order valence-corrected chi connectivity index (χ0v) is 9.38. The van der Waals surface area contributed by atoms with Gasteiger partial charge in [-0.15, -0.1) is 0 Å². The van der Waals surface area contributed by atoms with E-state index in [1.165, 1.54) is 0 Å². The second-order valence-electron chi connectivity index (χ2n) is 3.94. The normalized spacial score (nSPS) is 13.2. The summed E-state index contributed by atoms with van der Waals surface area (Å²) in [5.41, 5.74) is 7.15. The Labute approximate surface area is 93.1 Å². The van der Waals surface area contributed by atoms with Crippen LogP contribution >= 0.6 is 0 Å². The van der Waals surface area contributed by atoms with Gasteiger partial charge in [-0.3, -0.25) is 0 Å². The Kier molecular flexibility index (Phi) is 2.74. The molecule has 6 heteroatoms. The number of hydrogen-bond acceptors (Lipinski definition) is 5. The minimum absolute atomic E-state index is 0.355. The lowest BCUT2D eigenvalue weighted by atomic mass is 10.2. The molecule has 0 spiro atoms. The predicted octanol–water partition coefficient (Wildman–Crippen LogP) is 0.259. The second-order valence-corrected chi connectivity index (χ2v) is 3.94. The molecular formula is C10H15N5O. The van der Waals surface area contributed by atoms with Crippen LogP contribution in [0.4, 0.5) is 5.82 Å². The monoisotopic (exact) mass is 221 g/mol. The van der Waals surface area contributed by atoms with E-state index in [0.29, 0.717) is 30.0 Å². The molecule has 1 atom stereocenters. The third-order valence-electron chi connectivity index (χ3n) is 2.42. The van der Waals surface area contributed by atoms with Crippen LogP contribution in [0.3, 0.4) is 0 Å². The molecule has 6 nitrogen and oxygen atoms in total. The highest BCUT2D eigenvalue weighted by molar-refractivity contribution is 5.81. The van der Waals surface area contributed by atoms with Crippen LogP contribution in [0.15, 0.2) is 6.33 Å². The molecule has 86 valence electrons. The van der Waals surface area contributed by atoms with Gasteiger partial charge < -0.3 is 15.4 Å². The molecule has 0 saturated carbocycles. The van der Waals surface area contributed by atoms with E-state index < -0.39 is 0 Å². The van der Waals surface area contributed by atoms with Crippen molar-refractivity contribution in [3.05, 3.63) is 12.2 Å². The highest BCUT2D eigenvalue weighted by Crippen LogP contribution is 2.15. The van der Waals surface area contributed by atoms with Crippen LogP contribution in [0.25, 0.3) is 11.2 Å². The SMILES string of the molecule is C[C@@H](O)CCc1nc(N)c2ncn(C)c2n1. The highest BCUT2D eigenvalue weighted by Gasteiger charge is 2.09. The summed E-state index contributed by atoms with van der Waals surface area (Å²) >= 11 is 0. The van der Waals surface area contributed by atoms with Crippen molar-refractivity contribution in [3.8, 4) is 0 Å². The average molecular weight is 221 g/mol. The first-order chi connectivity index (χ1) is 7.58. The van der Waals surface area contributed by atoms with Crippen LogP contribution in [0, 0.1) is 0 Å². The minimum atomic E-state index is -0.355. The molecule has 2 aromatic heterocycles. The zero-order valence-electron chi connectivity index (χ0n) is 9.38. The standard InChI is InChI=1S/C10H15N5O/c1-6(16)3-4-7-13-9(11)8-10(14-7)15(2)5-12-8/h5-6,16H,3-4H2,1-2H3,(H2,11,13,14)/t6-/m1/s1. The van der Waals surface area contributed by atoms with Crippen LogP contribution in [-0.2, 0) is 13.5 Å². The highest BCUT2D eigenvalue weighted by atomic mass is 16.3. The summed E-state index contributed by atoms with van der Waals surface area (Å²) < 4.78 is 1.80. The smallest absolute Gasteiger partial charge is 0.165 e. The number of anilines is 1. The molecule has 3 N–H and O–H groups in total. The van der Waals surface area contributed by atoms with Crippen molar-refractivity contribution in [2.45, 2.75) is 25.9 Å². The van der Waals surface area contributed by atoms with Gasteiger partial charge in [0.1, 0.15) is 11.3 Å². The molecule has 2 heterocycles. The van der Waals surface area contributed by atoms with Crippen LogP contribution < -0.4 is 5.73 Å². The maximum atomic E-state index is 9.21. The molecule has 0 fully saturated rings. The fourth-order valence-electron chi connectivity index (χ4n) is 1.53. The van der Waals surface area contributed by atoms with Gasteiger partial charge in [-0.25, -0.2) is 15.0 Å². The van der Waals surface area contributed by atoms with Crippen LogP contribution in [0.2, 0.25) is 0 Å². The number of imidazole rings is 1. The molecule has 0 bridgehead atoms. The lowest BCUT2D eigenvalue weighted by Crippen LogP contribution is -2.07. The number of rotatable bonds is 3. The van der Waals surface area contributed by atoms with Crippen molar-refractivity contribution in [3.63, 3.8) is 0 Å². The average Bonchev–Trinajstić information content (AvgIpc) is 2.58. The first-order valence-electron chi connectivity index (χ1n) is 5.19. The number of fused-ring (bicyclic) bond motifs is 1. The van der Waals surface area contributed by atoms with E-state index in [1.807, 2.05) is 7.05 Å². The largest absolute Gasteiger partial charge is 0.393 e. The molecule has 0 aliphatic rings. The number of aliphatic hydroxyl groups is 1. The zero-order chi connectivity index (χ0) is 11.7.